The minimum Gasteiger partial charge on any atom is -0.383 e. The Balaban J connectivity index is 1.35. The Morgan fingerprint density at radius 2 is 1.68 bits per heavy atom. The van der Waals surface area contributed by atoms with Crippen molar-refractivity contribution in [2.75, 3.05) is 26.0 Å². The third-order valence-electron chi connectivity index (χ3n) is 7.14. The molecule has 7 nitrogen and oxygen atoms in total. The Labute approximate surface area is 202 Å². The average molecular weight is 478 g/mol. The molecule has 0 saturated heterocycles. The van der Waals surface area contributed by atoms with Crippen LogP contribution in [-0.2, 0) is 19.1 Å². The summed E-state index contributed by atoms with van der Waals surface area (Å²) in [6.45, 7) is 2.62. The summed E-state index contributed by atoms with van der Waals surface area (Å²) >= 11 is 1.30. The molecule has 2 atom stereocenters. The van der Waals surface area contributed by atoms with Crippen molar-refractivity contribution in [3.63, 3.8) is 0 Å². The van der Waals surface area contributed by atoms with E-state index in [0.29, 0.717) is 23.9 Å². The highest BCUT2D eigenvalue weighted by Gasteiger charge is 2.54. The van der Waals surface area contributed by atoms with Crippen LogP contribution in [0.4, 0.5) is 0 Å². The number of aliphatic imine (C=N–C) groups is 1. The Kier molecular flexibility index (Phi) is 6.04. The molecule has 6 rings (SSSR count). The van der Waals surface area contributed by atoms with Gasteiger partial charge in [-0.3, -0.25) is 14.4 Å². The Hall–Kier alpha value is -2.97. The van der Waals surface area contributed by atoms with Gasteiger partial charge in [0.1, 0.15) is 6.04 Å². The van der Waals surface area contributed by atoms with Gasteiger partial charge in [-0.25, -0.2) is 4.99 Å². The first-order valence-electron chi connectivity index (χ1n) is 11.4. The molecule has 3 aliphatic carbocycles. The van der Waals surface area contributed by atoms with Crippen LogP contribution in [0.15, 0.2) is 53.5 Å². The van der Waals surface area contributed by atoms with Gasteiger partial charge in [0.25, 0.3) is 5.91 Å². The van der Waals surface area contributed by atoms with Crippen molar-refractivity contribution in [2.45, 2.75) is 31.2 Å². The van der Waals surface area contributed by atoms with E-state index in [1.165, 1.54) is 41.1 Å². The molecule has 0 saturated carbocycles. The number of thioether (sulfide) groups is 1. The van der Waals surface area contributed by atoms with Crippen LogP contribution in [0.2, 0.25) is 0 Å². The summed E-state index contributed by atoms with van der Waals surface area (Å²) in [5.74, 6) is -0.934. The van der Waals surface area contributed by atoms with Crippen molar-refractivity contribution in [3.05, 3.63) is 70.8 Å². The Morgan fingerprint density at radius 1 is 1.06 bits per heavy atom. The first kappa shape index (κ1) is 22.8. The van der Waals surface area contributed by atoms with Crippen LogP contribution in [0, 0.1) is 5.41 Å². The number of methoxy groups -OCH3 is 1. The van der Waals surface area contributed by atoms with E-state index >= 15 is 0 Å². The van der Waals surface area contributed by atoms with Crippen molar-refractivity contribution in [2.24, 2.45) is 10.4 Å². The lowest BCUT2D eigenvalue weighted by atomic mass is 9.52. The van der Waals surface area contributed by atoms with E-state index in [4.69, 9.17) is 4.74 Å². The third-order valence-corrected chi connectivity index (χ3v) is 8.10. The number of hydrogen-bond donors (Lipinski definition) is 2. The average Bonchev–Trinajstić information content (AvgIpc) is 3.32. The van der Waals surface area contributed by atoms with Crippen LogP contribution in [0.5, 0.6) is 0 Å². The molecule has 2 aromatic carbocycles. The van der Waals surface area contributed by atoms with Gasteiger partial charge in [0, 0.05) is 31.2 Å². The number of nitrogens with zero attached hydrogens (tertiary/aromatic N) is 1. The molecule has 2 aromatic rings. The summed E-state index contributed by atoms with van der Waals surface area (Å²) in [5.41, 5.74) is 4.35. The number of fused-ring (bicyclic) bond motifs is 1. The molecule has 2 N–H and O–H groups in total. The van der Waals surface area contributed by atoms with Gasteiger partial charge in [-0.15, -0.1) is 0 Å². The van der Waals surface area contributed by atoms with Gasteiger partial charge < -0.3 is 15.4 Å². The number of amides is 2. The summed E-state index contributed by atoms with van der Waals surface area (Å²) in [4.78, 5) is 42.5. The van der Waals surface area contributed by atoms with Gasteiger partial charge in [0.15, 0.2) is 5.17 Å². The number of nitrogens with one attached hydrogen (secondary N) is 2. The zero-order valence-corrected chi connectivity index (χ0v) is 20.0. The zero-order chi connectivity index (χ0) is 23.9. The van der Waals surface area contributed by atoms with E-state index in [2.05, 4.69) is 52.0 Å². The first-order valence-corrected chi connectivity index (χ1v) is 12.4. The van der Waals surface area contributed by atoms with Gasteiger partial charge in [0.2, 0.25) is 11.7 Å². The number of carbonyl (C=O) groups excluding carboxylic acids is 3. The minimum absolute atomic E-state index is 0.0547. The second-order valence-electron chi connectivity index (χ2n) is 9.19. The van der Waals surface area contributed by atoms with E-state index in [1.54, 1.807) is 0 Å². The van der Waals surface area contributed by atoms with Crippen LogP contribution < -0.4 is 10.6 Å². The summed E-state index contributed by atoms with van der Waals surface area (Å²) in [7, 11) is 1.52. The topological polar surface area (TPSA) is 96.9 Å². The lowest BCUT2D eigenvalue weighted by molar-refractivity contribution is -0.138. The van der Waals surface area contributed by atoms with Gasteiger partial charge >= 0.3 is 0 Å². The standard InChI is InChI=1S/C26H27N3O4S/c1-26(24(32)29-25-28-20(14-34-25)22(30)23(31)27-11-12-33-2)13-19-15-7-3-5-9-17(15)21(26)18-10-6-4-8-16(18)19/h3-10,19-21H,11-14H2,1-2H3,(H,27,31)(H,28,29,32). The fourth-order valence-electron chi connectivity index (χ4n) is 5.51. The van der Waals surface area contributed by atoms with E-state index in [9.17, 15) is 14.4 Å². The summed E-state index contributed by atoms with van der Waals surface area (Å²) in [5, 5.41) is 5.91. The Morgan fingerprint density at radius 3 is 2.29 bits per heavy atom. The molecule has 0 fully saturated rings. The number of carbonyl (C=O) groups is 3. The van der Waals surface area contributed by atoms with Crippen LogP contribution in [0.3, 0.4) is 0 Å². The first-order chi connectivity index (χ1) is 16.4. The SMILES string of the molecule is COCCNC(=O)C(=O)C1CSC(NC(=O)C2(C)CC3c4ccccc4C2c2ccccc23)=N1. The molecule has 1 aliphatic heterocycles. The molecule has 0 aromatic heterocycles. The number of amidine groups is 1. The van der Waals surface area contributed by atoms with E-state index in [0.717, 1.165) is 0 Å². The summed E-state index contributed by atoms with van der Waals surface area (Å²) < 4.78 is 4.89. The monoisotopic (exact) mass is 477 g/mol. The molecule has 176 valence electrons. The molecule has 34 heavy (non-hydrogen) atoms. The third kappa shape index (κ3) is 3.75. The number of benzene rings is 2. The number of hydrogen-bond acceptors (Lipinski definition) is 6. The molecule has 2 bridgehead atoms. The lowest BCUT2D eigenvalue weighted by Crippen LogP contribution is -2.50. The molecule has 2 unspecified atom stereocenters. The number of Topliss-reactive ketones (excluding diaryl/α,β-unsaturated/α-hetero) is 1. The quantitative estimate of drug-likeness (QED) is 0.493. The number of ketones is 1. The second-order valence-corrected chi connectivity index (χ2v) is 10.2. The number of ether oxygens (including phenoxy) is 1. The van der Waals surface area contributed by atoms with Crippen molar-refractivity contribution in [1.82, 2.24) is 10.6 Å². The molecule has 4 aliphatic rings. The molecule has 0 radical (unpaired) electrons. The summed E-state index contributed by atoms with van der Waals surface area (Å²) in [6, 6.07) is 16.0. The van der Waals surface area contributed by atoms with Gasteiger partial charge in [-0.1, -0.05) is 60.3 Å². The maximum Gasteiger partial charge on any atom is 0.289 e. The van der Waals surface area contributed by atoms with Crippen molar-refractivity contribution in [1.29, 1.82) is 0 Å². The van der Waals surface area contributed by atoms with Gasteiger partial charge in [-0.2, -0.15) is 0 Å². The maximum absolute atomic E-state index is 13.7. The molecule has 2 amide bonds. The van der Waals surface area contributed by atoms with E-state index < -0.39 is 23.1 Å². The van der Waals surface area contributed by atoms with E-state index in [-0.39, 0.29) is 24.3 Å². The van der Waals surface area contributed by atoms with Gasteiger partial charge in [0.05, 0.1) is 12.0 Å². The predicted molar refractivity (Wildman–Crippen MR) is 131 cm³/mol. The normalized spacial score (nSPS) is 26.3. The second kappa shape index (κ2) is 9.00. The minimum atomic E-state index is -0.792. The highest BCUT2D eigenvalue weighted by atomic mass is 32.2. The Bertz CT molecular complexity index is 1150. The largest absolute Gasteiger partial charge is 0.383 e. The highest BCUT2D eigenvalue weighted by molar-refractivity contribution is 8.14. The maximum atomic E-state index is 13.7. The number of rotatable bonds is 6. The molecule has 8 heteroatoms. The fourth-order valence-corrected chi connectivity index (χ4v) is 6.42. The smallest absolute Gasteiger partial charge is 0.289 e. The van der Waals surface area contributed by atoms with Crippen LogP contribution in [0.25, 0.3) is 0 Å². The van der Waals surface area contributed by atoms with Gasteiger partial charge in [-0.05, 0) is 35.6 Å². The highest BCUT2D eigenvalue weighted by Crippen LogP contribution is 2.60. The van der Waals surface area contributed by atoms with Crippen LogP contribution in [-0.4, -0.2) is 54.8 Å². The predicted octanol–water partition coefficient (Wildman–Crippen LogP) is 2.59. The zero-order valence-electron chi connectivity index (χ0n) is 19.2. The fraction of sp³-hybridized carbons (Fsp3) is 0.385. The molecule has 0 spiro atoms. The molecular formula is C26H27N3O4S. The van der Waals surface area contributed by atoms with Crippen molar-refractivity contribution < 1.29 is 19.1 Å². The summed E-state index contributed by atoms with van der Waals surface area (Å²) in [6.07, 6.45) is 0.708. The molecule has 1 heterocycles. The van der Waals surface area contributed by atoms with Crippen molar-refractivity contribution in [3.8, 4) is 0 Å². The lowest BCUT2D eigenvalue weighted by Gasteiger charge is -2.50. The van der Waals surface area contributed by atoms with Crippen LogP contribution >= 0.6 is 11.8 Å². The van der Waals surface area contributed by atoms with Crippen LogP contribution in [0.1, 0.15) is 47.4 Å². The van der Waals surface area contributed by atoms with E-state index in [1.807, 2.05) is 19.1 Å². The molecular weight excluding hydrogens is 450 g/mol. The van der Waals surface area contributed by atoms with Crippen molar-refractivity contribution >= 4 is 34.5 Å².